The van der Waals surface area contributed by atoms with Crippen molar-refractivity contribution in [1.29, 1.82) is 0 Å². The van der Waals surface area contributed by atoms with Gasteiger partial charge in [0.1, 0.15) is 0 Å². The lowest BCUT2D eigenvalue weighted by molar-refractivity contribution is -0.128. The van der Waals surface area contributed by atoms with Crippen molar-refractivity contribution in [3.63, 3.8) is 0 Å². The van der Waals surface area contributed by atoms with Crippen LogP contribution in [0.25, 0.3) is 10.9 Å². The van der Waals surface area contributed by atoms with Crippen molar-refractivity contribution in [2.75, 3.05) is 6.54 Å². The van der Waals surface area contributed by atoms with Crippen LogP contribution in [-0.4, -0.2) is 28.4 Å². The number of pyridine rings is 1. The predicted molar refractivity (Wildman–Crippen MR) is 69.8 cm³/mol. The predicted octanol–water partition coefficient (Wildman–Crippen LogP) is 1.29. The van der Waals surface area contributed by atoms with Crippen LogP contribution in [0, 0.1) is 0 Å². The summed E-state index contributed by atoms with van der Waals surface area (Å²) >= 11 is 0. The number of benzene rings is 1. The summed E-state index contributed by atoms with van der Waals surface area (Å²) in [5, 5.41) is 1.10. The molecular formula is C14H15N3O. The molecule has 0 aliphatic carbocycles. The summed E-state index contributed by atoms with van der Waals surface area (Å²) in [5.74, 6) is 0.147. The van der Waals surface area contributed by atoms with Gasteiger partial charge >= 0.3 is 0 Å². The van der Waals surface area contributed by atoms with E-state index in [0.717, 1.165) is 16.5 Å². The van der Waals surface area contributed by atoms with E-state index in [2.05, 4.69) is 11.1 Å². The Balaban J connectivity index is 1.84. The van der Waals surface area contributed by atoms with Crippen molar-refractivity contribution in [1.82, 2.24) is 9.88 Å². The van der Waals surface area contributed by atoms with Gasteiger partial charge in [-0.3, -0.25) is 9.78 Å². The molecule has 2 heterocycles. The summed E-state index contributed by atoms with van der Waals surface area (Å²) in [5.41, 5.74) is 7.89. The SMILES string of the molecule is NC1CC(=O)N(Cc2ccc3ncccc3c2)C1. The summed E-state index contributed by atoms with van der Waals surface area (Å²) in [4.78, 5) is 17.8. The molecule has 1 aliphatic heterocycles. The largest absolute Gasteiger partial charge is 0.337 e. The van der Waals surface area contributed by atoms with Crippen LogP contribution in [-0.2, 0) is 11.3 Å². The number of carbonyl (C=O) groups excluding carboxylic acids is 1. The van der Waals surface area contributed by atoms with E-state index in [1.54, 1.807) is 6.20 Å². The summed E-state index contributed by atoms with van der Waals surface area (Å²) in [6, 6.07) is 10.0. The van der Waals surface area contributed by atoms with Crippen molar-refractivity contribution in [3.8, 4) is 0 Å². The number of nitrogens with zero attached hydrogens (tertiary/aromatic N) is 2. The average molecular weight is 241 g/mol. The highest BCUT2D eigenvalue weighted by molar-refractivity contribution is 5.80. The first kappa shape index (κ1) is 11.2. The fourth-order valence-corrected chi connectivity index (χ4v) is 2.40. The molecule has 4 nitrogen and oxygen atoms in total. The highest BCUT2D eigenvalue weighted by atomic mass is 16.2. The first-order valence-corrected chi connectivity index (χ1v) is 6.09. The summed E-state index contributed by atoms with van der Waals surface area (Å²) in [6.07, 6.45) is 2.25. The van der Waals surface area contributed by atoms with Gasteiger partial charge in [0.05, 0.1) is 5.52 Å². The molecule has 0 bridgehead atoms. The zero-order valence-electron chi connectivity index (χ0n) is 10.0. The Hall–Kier alpha value is -1.94. The van der Waals surface area contributed by atoms with Crippen LogP contribution in [0.4, 0.5) is 0 Å². The van der Waals surface area contributed by atoms with Crippen LogP contribution < -0.4 is 5.73 Å². The number of rotatable bonds is 2. The monoisotopic (exact) mass is 241 g/mol. The molecule has 2 aromatic rings. The molecule has 92 valence electrons. The van der Waals surface area contributed by atoms with Gasteiger partial charge in [0.2, 0.25) is 5.91 Å². The zero-order valence-corrected chi connectivity index (χ0v) is 10.0. The minimum Gasteiger partial charge on any atom is -0.337 e. The molecule has 1 aromatic heterocycles. The van der Waals surface area contributed by atoms with Crippen molar-refractivity contribution < 1.29 is 4.79 Å². The fourth-order valence-electron chi connectivity index (χ4n) is 2.40. The fraction of sp³-hybridized carbons (Fsp3) is 0.286. The Kier molecular flexibility index (Phi) is 2.72. The molecule has 1 aromatic carbocycles. The maximum atomic E-state index is 11.7. The molecule has 18 heavy (non-hydrogen) atoms. The van der Waals surface area contributed by atoms with Crippen LogP contribution in [0.15, 0.2) is 36.5 Å². The third-order valence-corrected chi connectivity index (χ3v) is 3.29. The second-order valence-corrected chi connectivity index (χ2v) is 4.77. The smallest absolute Gasteiger partial charge is 0.224 e. The van der Waals surface area contributed by atoms with E-state index in [4.69, 9.17) is 5.73 Å². The lowest BCUT2D eigenvalue weighted by atomic mass is 10.1. The molecule has 0 saturated carbocycles. The van der Waals surface area contributed by atoms with Crippen molar-refractivity contribution in [2.45, 2.75) is 19.0 Å². The number of hydrogen-bond acceptors (Lipinski definition) is 3. The van der Waals surface area contributed by atoms with Gasteiger partial charge in [-0.05, 0) is 23.8 Å². The summed E-state index contributed by atoms with van der Waals surface area (Å²) in [6.45, 7) is 1.29. The maximum Gasteiger partial charge on any atom is 0.224 e. The number of aromatic nitrogens is 1. The van der Waals surface area contributed by atoms with Gasteiger partial charge in [-0.15, -0.1) is 0 Å². The summed E-state index contributed by atoms with van der Waals surface area (Å²) < 4.78 is 0. The van der Waals surface area contributed by atoms with E-state index >= 15 is 0 Å². The standard InChI is InChI=1S/C14H15N3O/c15-12-7-14(18)17(9-12)8-10-3-4-13-11(6-10)2-1-5-16-13/h1-6,12H,7-9,15H2. The highest BCUT2D eigenvalue weighted by Crippen LogP contribution is 2.17. The number of carbonyl (C=O) groups is 1. The topological polar surface area (TPSA) is 59.2 Å². The molecule has 1 unspecified atom stereocenters. The maximum absolute atomic E-state index is 11.7. The number of likely N-dealkylation sites (tertiary alicyclic amines) is 1. The molecule has 1 saturated heterocycles. The van der Waals surface area contributed by atoms with Gasteiger partial charge in [-0.25, -0.2) is 0 Å². The van der Waals surface area contributed by atoms with Crippen LogP contribution in [0.3, 0.4) is 0 Å². The first-order chi connectivity index (χ1) is 8.72. The second-order valence-electron chi connectivity index (χ2n) is 4.77. The quantitative estimate of drug-likeness (QED) is 0.862. The Morgan fingerprint density at radius 3 is 3.06 bits per heavy atom. The van der Waals surface area contributed by atoms with Gasteiger partial charge in [0.15, 0.2) is 0 Å². The lowest BCUT2D eigenvalue weighted by Crippen LogP contribution is -2.27. The molecule has 0 spiro atoms. The normalized spacial score (nSPS) is 19.7. The molecule has 2 N–H and O–H groups in total. The Morgan fingerprint density at radius 1 is 1.39 bits per heavy atom. The third kappa shape index (κ3) is 2.07. The van der Waals surface area contributed by atoms with Gasteiger partial charge in [-0.1, -0.05) is 12.1 Å². The average Bonchev–Trinajstić information content (AvgIpc) is 2.68. The summed E-state index contributed by atoms with van der Waals surface area (Å²) in [7, 11) is 0. The van der Waals surface area contributed by atoms with Gasteiger partial charge in [-0.2, -0.15) is 0 Å². The van der Waals surface area contributed by atoms with Crippen molar-refractivity contribution >= 4 is 16.8 Å². The Bertz CT molecular complexity index is 596. The first-order valence-electron chi connectivity index (χ1n) is 6.09. The van der Waals surface area contributed by atoms with Crippen LogP contribution >= 0.6 is 0 Å². The molecular weight excluding hydrogens is 226 g/mol. The van der Waals surface area contributed by atoms with Crippen LogP contribution in [0.5, 0.6) is 0 Å². The minimum absolute atomic E-state index is 0.0142. The molecule has 3 rings (SSSR count). The number of nitrogens with two attached hydrogens (primary N) is 1. The number of hydrogen-bond donors (Lipinski definition) is 1. The van der Waals surface area contributed by atoms with Gasteiger partial charge in [0, 0.05) is 37.1 Å². The van der Waals surface area contributed by atoms with Crippen LogP contribution in [0.2, 0.25) is 0 Å². The highest BCUT2D eigenvalue weighted by Gasteiger charge is 2.26. The molecule has 1 amide bonds. The Morgan fingerprint density at radius 2 is 2.28 bits per heavy atom. The van der Waals surface area contributed by atoms with Crippen molar-refractivity contribution in [2.24, 2.45) is 5.73 Å². The van der Waals surface area contributed by atoms with E-state index in [1.165, 1.54) is 0 Å². The van der Waals surface area contributed by atoms with E-state index < -0.39 is 0 Å². The van der Waals surface area contributed by atoms with Crippen molar-refractivity contribution in [3.05, 3.63) is 42.1 Å². The Labute approximate surface area is 105 Å². The van der Waals surface area contributed by atoms with E-state index in [0.29, 0.717) is 19.5 Å². The second kappa shape index (κ2) is 4.38. The molecule has 1 atom stereocenters. The zero-order chi connectivity index (χ0) is 12.5. The third-order valence-electron chi connectivity index (χ3n) is 3.29. The van der Waals surface area contributed by atoms with Gasteiger partial charge < -0.3 is 10.6 Å². The molecule has 4 heteroatoms. The van der Waals surface area contributed by atoms with Crippen LogP contribution in [0.1, 0.15) is 12.0 Å². The van der Waals surface area contributed by atoms with E-state index in [-0.39, 0.29) is 11.9 Å². The molecule has 1 fully saturated rings. The van der Waals surface area contributed by atoms with Gasteiger partial charge in [0.25, 0.3) is 0 Å². The minimum atomic E-state index is -0.0142. The number of fused-ring (bicyclic) bond motifs is 1. The molecule has 0 radical (unpaired) electrons. The lowest BCUT2D eigenvalue weighted by Gasteiger charge is -2.16. The van der Waals surface area contributed by atoms with E-state index in [1.807, 2.05) is 29.2 Å². The molecule has 1 aliphatic rings. The van der Waals surface area contributed by atoms with E-state index in [9.17, 15) is 4.79 Å². The number of amides is 1.